The van der Waals surface area contributed by atoms with Crippen molar-refractivity contribution in [3.63, 3.8) is 0 Å². The van der Waals surface area contributed by atoms with Crippen LogP contribution in [0.4, 0.5) is 0 Å². The first-order chi connectivity index (χ1) is 7.04. The Morgan fingerprint density at radius 1 is 1.27 bits per heavy atom. The minimum Gasteiger partial charge on any atom is -0.508 e. The van der Waals surface area contributed by atoms with Gasteiger partial charge >= 0.3 is 0 Å². The van der Waals surface area contributed by atoms with Crippen LogP contribution in [0.15, 0.2) is 23.8 Å². The van der Waals surface area contributed by atoms with Crippen LogP contribution in [-0.2, 0) is 6.42 Å². The number of phenolic OH excluding ortho intramolecular Hbond substituents is 2. The Morgan fingerprint density at radius 2 is 1.93 bits per heavy atom. The zero-order chi connectivity index (χ0) is 11.4. The van der Waals surface area contributed by atoms with E-state index in [1.165, 1.54) is 5.57 Å². The molecule has 1 rings (SSSR count). The third kappa shape index (κ3) is 3.01. The summed E-state index contributed by atoms with van der Waals surface area (Å²) in [7, 11) is 0. The summed E-state index contributed by atoms with van der Waals surface area (Å²) in [6, 6.07) is 3.23. The van der Waals surface area contributed by atoms with Crippen molar-refractivity contribution >= 4 is 0 Å². The highest BCUT2D eigenvalue weighted by Crippen LogP contribution is 2.27. The van der Waals surface area contributed by atoms with E-state index in [0.29, 0.717) is 12.0 Å². The Kier molecular flexibility index (Phi) is 3.78. The summed E-state index contributed by atoms with van der Waals surface area (Å²) in [5, 5.41) is 19.2. The molecule has 0 aliphatic heterocycles. The molecule has 0 aromatic heterocycles. The topological polar surface area (TPSA) is 40.5 Å². The van der Waals surface area contributed by atoms with Gasteiger partial charge in [-0.1, -0.05) is 18.6 Å². The minimum atomic E-state index is 0.241. The van der Waals surface area contributed by atoms with Gasteiger partial charge in [-0.2, -0.15) is 0 Å². The summed E-state index contributed by atoms with van der Waals surface area (Å²) in [5.74, 6) is 0.496. The Morgan fingerprint density at radius 3 is 2.53 bits per heavy atom. The van der Waals surface area contributed by atoms with Crippen LogP contribution in [0.5, 0.6) is 11.5 Å². The summed E-state index contributed by atoms with van der Waals surface area (Å²) >= 11 is 0. The van der Waals surface area contributed by atoms with Gasteiger partial charge in [-0.05, 0) is 44.4 Å². The van der Waals surface area contributed by atoms with Crippen molar-refractivity contribution in [2.45, 2.75) is 33.6 Å². The zero-order valence-electron chi connectivity index (χ0n) is 9.54. The molecule has 0 bridgehead atoms. The van der Waals surface area contributed by atoms with Gasteiger partial charge in [-0.3, -0.25) is 0 Å². The molecule has 0 unspecified atom stereocenters. The molecule has 1 aromatic rings. The Hall–Kier alpha value is -1.44. The molecule has 82 valence electrons. The summed E-state index contributed by atoms with van der Waals surface area (Å²) in [6.45, 7) is 5.93. The van der Waals surface area contributed by atoms with Crippen molar-refractivity contribution in [1.82, 2.24) is 0 Å². The van der Waals surface area contributed by atoms with Crippen molar-refractivity contribution in [2.24, 2.45) is 0 Å². The molecule has 0 heterocycles. The second kappa shape index (κ2) is 4.87. The van der Waals surface area contributed by atoms with Gasteiger partial charge in [0, 0.05) is 5.56 Å². The fraction of sp³-hybridized carbons (Fsp3) is 0.385. The van der Waals surface area contributed by atoms with E-state index in [1.54, 1.807) is 19.1 Å². The fourth-order valence-electron chi connectivity index (χ4n) is 1.32. The standard InChI is InChI=1S/C13H18O2/c1-4-9(2)5-6-11-8-12(14)10(3)7-13(11)15/h5,7-8,14-15H,4,6H2,1-3H3/b9-5+. The summed E-state index contributed by atoms with van der Waals surface area (Å²) in [4.78, 5) is 0. The van der Waals surface area contributed by atoms with E-state index >= 15 is 0 Å². The number of hydrogen-bond donors (Lipinski definition) is 2. The number of aromatic hydroxyl groups is 2. The van der Waals surface area contributed by atoms with Crippen LogP contribution >= 0.6 is 0 Å². The first kappa shape index (κ1) is 11.6. The predicted molar refractivity (Wildman–Crippen MR) is 62.3 cm³/mol. The SMILES string of the molecule is CC/C(C)=C/Cc1cc(O)c(C)cc1O. The molecule has 0 fully saturated rings. The molecule has 0 aliphatic rings. The van der Waals surface area contributed by atoms with E-state index in [4.69, 9.17) is 0 Å². The molecule has 2 heteroatoms. The van der Waals surface area contributed by atoms with Crippen LogP contribution in [0.3, 0.4) is 0 Å². The number of benzene rings is 1. The summed E-state index contributed by atoms with van der Waals surface area (Å²) < 4.78 is 0. The molecule has 0 aliphatic carbocycles. The lowest BCUT2D eigenvalue weighted by molar-refractivity contribution is 0.452. The van der Waals surface area contributed by atoms with Crippen LogP contribution in [0, 0.1) is 6.92 Å². The molecular formula is C13H18O2. The third-order valence-corrected chi connectivity index (χ3v) is 2.63. The van der Waals surface area contributed by atoms with E-state index in [1.807, 2.05) is 0 Å². The first-order valence-electron chi connectivity index (χ1n) is 5.21. The fourth-order valence-corrected chi connectivity index (χ4v) is 1.32. The molecule has 0 atom stereocenters. The molecule has 0 radical (unpaired) electrons. The van der Waals surface area contributed by atoms with Gasteiger partial charge in [-0.25, -0.2) is 0 Å². The average Bonchev–Trinajstić information content (AvgIpc) is 2.21. The molecular weight excluding hydrogens is 188 g/mol. The first-order valence-corrected chi connectivity index (χ1v) is 5.21. The van der Waals surface area contributed by atoms with Gasteiger partial charge in [0.25, 0.3) is 0 Å². The van der Waals surface area contributed by atoms with Gasteiger partial charge < -0.3 is 10.2 Å². The second-order valence-corrected chi connectivity index (χ2v) is 3.88. The molecule has 0 saturated carbocycles. The lowest BCUT2D eigenvalue weighted by atomic mass is 10.0. The Bertz CT molecular complexity index is 378. The molecule has 0 amide bonds. The van der Waals surface area contributed by atoms with Gasteiger partial charge in [0.1, 0.15) is 11.5 Å². The lowest BCUT2D eigenvalue weighted by Crippen LogP contribution is -1.86. The molecule has 2 N–H and O–H groups in total. The van der Waals surface area contributed by atoms with Crippen LogP contribution < -0.4 is 0 Å². The van der Waals surface area contributed by atoms with Crippen molar-refractivity contribution in [3.8, 4) is 11.5 Å². The zero-order valence-corrected chi connectivity index (χ0v) is 9.54. The molecule has 2 nitrogen and oxygen atoms in total. The van der Waals surface area contributed by atoms with Crippen LogP contribution in [-0.4, -0.2) is 10.2 Å². The maximum Gasteiger partial charge on any atom is 0.119 e. The smallest absolute Gasteiger partial charge is 0.119 e. The highest BCUT2D eigenvalue weighted by molar-refractivity contribution is 5.45. The van der Waals surface area contributed by atoms with E-state index < -0.39 is 0 Å². The number of allylic oxidation sites excluding steroid dienone is 2. The highest BCUT2D eigenvalue weighted by Gasteiger charge is 2.04. The van der Waals surface area contributed by atoms with Gasteiger partial charge in [0.05, 0.1) is 0 Å². The van der Waals surface area contributed by atoms with Gasteiger partial charge in [-0.15, -0.1) is 0 Å². The maximum absolute atomic E-state index is 9.66. The molecule has 1 aromatic carbocycles. The second-order valence-electron chi connectivity index (χ2n) is 3.88. The van der Waals surface area contributed by atoms with Crippen molar-refractivity contribution < 1.29 is 10.2 Å². The van der Waals surface area contributed by atoms with Crippen molar-refractivity contribution in [3.05, 3.63) is 34.9 Å². The van der Waals surface area contributed by atoms with Crippen LogP contribution in [0.1, 0.15) is 31.4 Å². The quantitative estimate of drug-likeness (QED) is 0.588. The van der Waals surface area contributed by atoms with Gasteiger partial charge in [0.2, 0.25) is 0 Å². The summed E-state index contributed by atoms with van der Waals surface area (Å²) in [5.41, 5.74) is 2.76. The van der Waals surface area contributed by atoms with E-state index in [0.717, 1.165) is 12.0 Å². The van der Waals surface area contributed by atoms with Crippen LogP contribution in [0.25, 0.3) is 0 Å². The summed E-state index contributed by atoms with van der Waals surface area (Å²) in [6.07, 6.45) is 3.75. The maximum atomic E-state index is 9.66. The van der Waals surface area contributed by atoms with Crippen molar-refractivity contribution in [1.29, 1.82) is 0 Å². The van der Waals surface area contributed by atoms with Crippen molar-refractivity contribution in [2.75, 3.05) is 0 Å². The average molecular weight is 206 g/mol. The lowest BCUT2D eigenvalue weighted by Gasteiger charge is -2.06. The number of rotatable bonds is 3. The highest BCUT2D eigenvalue weighted by atomic mass is 16.3. The Balaban J connectivity index is 2.91. The number of aryl methyl sites for hydroxylation is 1. The van der Waals surface area contributed by atoms with Gasteiger partial charge in [0.15, 0.2) is 0 Å². The molecule has 15 heavy (non-hydrogen) atoms. The Labute approximate surface area is 90.9 Å². The number of hydrogen-bond acceptors (Lipinski definition) is 2. The molecule has 0 spiro atoms. The number of phenols is 2. The monoisotopic (exact) mass is 206 g/mol. The normalized spacial score (nSPS) is 11.8. The largest absolute Gasteiger partial charge is 0.508 e. The van der Waals surface area contributed by atoms with Crippen LogP contribution in [0.2, 0.25) is 0 Å². The minimum absolute atomic E-state index is 0.241. The predicted octanol–water partition coefficient (Wildman–Crippen LogP) is 3.31. The van der Waals surface area contributed by atoms with E-state index in [-0.39, 0.29) is 11.5 Å². The third-order valence-electron chi connectivity index (χ3n) is 2.63. The van der Waals surface area contributed by atoms with E-state index in [2.05, 4.69) is 19.9 Å². The molecule has 0 saturated heterocycles. The van der Waals surface area contributed by atoms with E-state index in [9.17, 15) is 10.2 Å².